The van der Waals surface area contributed by atoms with Gasteiger partial charge in [-0.2, -0.15) is 0 Å². The van der Waals surface area contributed by atoms with Crippen molar-refractivity contribution in [2.75, 3.05) is 16.8 Å². The number of benzene rings is 2. The van der Waals surface area contributed by atoms with Gasteiger partial charge in [0.2, 0.25) is 21.8 Å². The maximum absolute atomic E-state index is 12.7. The quantitative estimate of drug-likeness (QED) is 0.678. The number of halogens is 1. The number of primary sulfonamides is 1. The van der Waals surface area contributed by atoms with E-state index in [2.05, 4.69) is 21.2 Å². The lowest BCUT2D eigenvalue weighted by Crippen LogP contribution is -2.33. The van der Waals surface area contributed by atoms with Gasteiger partial charge in [0, 0.05) is 16.7 Å². The second-order valence-electron chi connectivity index (χ2n) is 6.28. The van der Waals surface area contributed by atoms with Gasteiger partial charge in [0.25, 0.3) is 0 Å². The molecule has 27 heavy (non-hydrogen) atoms. The van der Waals surface area contributed by atoms with Gasteiger partial charge < -0.3 is 10.2 Å². The summed E-state index contributed by atoms with van der Waals surface area (Å²) in [5.41, 5.74) is 1.61. The molecule has 1 heterocycles. The van der Waals surface area contributed by atoms with E-state index < -0.39 is 21.8 Å². The Hall–Kier alpha value is -2.23. The Morgan fingerprint density at radius 1 is 1.22 bits per heavy atom. The van der Waals surface area contributed by atoms with Crippen molar-refractivity contribution in [3.63, 3.8) is 0 Å². The van der Waals surface area contributed by atoms with Gasteiger partial charge in [-0.15, -0.1) is 0 Å². The van der Waals surface area contributed by atoms with Crippen LogP contribution >= 0.6 is 15.9 Å². The highest BCUT2D eigenvalue weighted by molar-refractivity contribution is 9.10. The highest BCUT2D eigenvalue weighted by atomic mass is 79.9. The summed E-state index contributed by atoms with van der Waals surface area (Å²) in [5, 5.41) is 7.74. The Kier molecular flexibility index (Phi) is 5.64. The van der Waals surface area contributed by atoms with E-state index in [1.807, 2.05) is 24.3 Å². The maximum Gasteiger partial charge on any atom is 0.239 e. The molecule has 1 atom stereocenters. The molecule has 1 saturated heterocycles. The molecule has 0 spiro atoms. The van der Waals surface area contributed by atoms with E-state index in [9.17, 15) is 18.0 Å². The Labute approximate surface area is 165 Å². The molecule has 3 rings (SSSR count). The number of hydrogen-bond donors (Lipinski definition) is 2. The van der Waals surface area contributed by atoms with Crippen LogP contribution in [0.15, 0.2) is 53.0 Å². The maximum atomic E-state index is 12.7. The first-order valence-corrected chi connectivity index (χ1v) is 10.7. The molecule has 142 valence electrons. The van der Waals surface area contributed by atoms with E-state index in [0.717, 1.165) is 10.2 Å². The standard InChI is InChI=1S/C18H18BrN3O4S/c19-15-6-1-2-7-16(15)22-9-8-14(18(22)24)17(23)21-13-5-3-4-12(10-13)11-27(20,25)26/h1-7,10,14H,8-9,11H2,(H,21,23)(H2,20,25,26). The average molecular weight is 452 g/mol. The first kappa shape index (κ1) is 19.5. The molecular formula is C18H18BrN3O4S. The first-order valence-electron chi connectivity index (χ1n) is 8.21. The first-order chi connectivity index (χ1) is 12.7. The molecule has 7 nitrogen and oxygen atoms in total. The number of sulfonamides is 1. The van der Waals surface area contributed by atoms with Crippen molar-refractivity contribution in [3.8, 4) is 0 Å². The van der Waals surface area contributed by atoms with Crippen molar-refractivity contribution in [3.05, 3.63) is 58.6 Å². The summed E-state index contributed by atoms with van der Waals surface area (Å²) in [7, 11) is -3.67. The van der Waals surface area contributed by atoms with Gasteiger partial charge in [0.05, 0.1) is 11.4 Å². The van der Waals surface area contributed by atoms with E-state index in [0.29, 0.717) is 24.2 Å². The molecule has 3 N–H and O–H groups in total. The number of nitrogens with two attached hydrogens (primary N) is 1. The van der Waals surface area contributed by atoms with Crippen molar-refractivity contribution in [2.45, 2.75) is 12.2 Å². The molecule has 1 unspecified atom stereocenters. The van der Waals surface area contributed by atoms with E-state index in [4.69, 9.17) is 5.14 Å². The zero-order valence-corrected chi connectivity index (χ0v) is 16.7. The van der Waals surface area contributed by atoms with Gasteiger partial charge in [-0.1, -0.05) is 24.3 Å². The summed E-state index contributed by atoms with van der Waals surface area (Å²) in [6.07, 6.45) is 0.406. The number of nitrogens with zero attached hydrogens (tertiary/aromatic N) is 1. The zero-order valence-electron chi connectivity index (χ0n) is 14.3. The minimum absolute atomic E-state index is 0.264. The fourth-order valence-electron chi connectivity index (χ4n) is 3.03. The lowest BCUT2D eigenvalue weighted by molar-refractivity contribution is -0.129. The number of rotatable bonds is 5. The predicted octanol–water partition coefficient (Wildman–Crippen LogP) is 2.23. The van der Waals surface area contributed by atoms with Gasteiger partial charge >= 0.3 is 0 Å². The predicted molar refractivity (Wildman–Crippen MR) is 106 cm³/mol. The highest BCUT2D eigenvalue weighted by Gasteiger charge is 2.38. The van der Waals surface area contributed by atoms with Crippen LogP contribution in [-0.2, 0) is 25.4 Å². The molecule has 0 radical (unpaired) electrons. The van der Waals surface area contributed by atoms with Crippen LogP contribution in [0.25, 0.3) is 0 Å². The molecule has 2 aromatic rings. The van der Waals surface area contributed by atoms with Crippen molar-refractivity contribution >= 4 is 49.1 Å². The Balaban J connectivity index is 1.71. The largest absolute Gasteiger partial charge is 0.325 e. The van der Waals surface area contributed by atoms with E-state index >= 15 is 0 Å². The van der Waals surface area contributed by atoms with E-state index in [1.54, 1.807) is 23.1 Å². The minimum Gasteiger partial charge on any atom is -0.325 e. The topological polar surface area (TPSA) is 110 Å². The molecule has 0 aliphatic carbocycles. The molecule has 0 bridgehead atoms. The Bertz CT molecular complexity index is 994. The second-order valence-corrected chi connectivity index (χ2v) is 8.75. The van der Waals surface area contributed by atoms with Crippen LogP contribution in [-0.4, -0.2) is 26.8 Å². The van der Waals surface area contributed by atoms with E-state index in [-0.39, 0.29) is 11.7 Å². The third-order valence-corrected chi connectivity index (χ3v) is 5.63. The monoisotopic (exact) mass is 451 g/mol. The Morgan fingerprint density at radius 2 is 1.96 bits per heavy atom. The van der Waals surface area contributed by atoms with Crippen molar-refractivity contribution in [1.29, 1.82) is 0 Å². The lowest BCUT2D eigenvalue weighted by atomic mass is 10.1. The Morgan fingerprint density at radius 3 is 2.67 bits per heavy atom. The summed E-state index contributed by atoms with van der Waals surface area (Å²) >= 11 is 3.42. The van der Waals surface area contributed by atoms with Crippen LogP contribution < -0.4 is 15.4 Å². The zero-order chi connectivity index (χ0) is 19.6. The van der Waals surface area contributed by atoms with Crippen LogP contribution in [0.2, 0.25) is 0 Å². The van der Waals surface area contributed by atoms with Crippen LogP contribution in [0, 0.1) is 5.92 Å². The molecule has 0 aromatic heterocycles. The molecule has 1 fully saturated rings. The average Bonchev–Trinajstić information content (AvgIpc) is 2.95. The fourth-order valence-corrected chi connectivity index (χ4v) is 4.18. The molecule has 2 amide bonds. The fraction of sp³-hybridized carbons (Fsp3) is 0.222. The van der Waals surface area contributed by atoms with E-state index in [1.165, 1.54) is 6.07 Å². The third kappa shape index (κ3) is 4.74. The molecule has 1 aliphatic rings. The van der Waals surface area contributed by atoms with Crippen LogP contribution in [0.3, 0.4) is 0 Å². The van der Waals surface area contributed by atoms with Crippen molar-refractivity contribution in [1.82, 2.24) is 0 Å². The SMILES string of the molecule is NS(=O)(=O)Cc1cccc(NC(=O)C2CCN(c3ccccc3Br)C2=O)c1. The van der Waals surface area contributed by atoms with Gasteiger partial charge in [-0.25, -0.2) is 13.6 Å². The summed E-state index contributed by atoms with van der Waals surface area (Å²) in [6, 6.07) is 13.7. The number of carbonyl (C=O) groups excluding carboxylic acids is 2. The summed E-state index contributed by atoms with van der Waals surface area (Å²) in [5.74, 6) is -1.80. The minimum atomic E-state index is -3.67. The highest BCUT2D eigenvalue weighted by Crippen LogP contribution is 2.31. The summed E-state index contributed by atoms with van der Waals surface area (Å²) < 4.78 is 23.2. The number of anilines is 2. The number of para-hydroxylation sites is 1. The molecule has 0 saturated carbocycles. The van der Waals surface area contributed by atoms with Gasteiger partial charge in [-0.05, 0) is 52.2 Å². The van der Waals surface area contributed by atoms with Gasteiger partial charge in [0.1, 0.15) is 5.92 Å². The van der Waals surface area contributed by atoms with Crippen LogP contribution in [0.5, 0.6) is 0 Å². The number of hydrogen-bond acceptors (Lipinski definition) is 4. The molecule has 2 aromatic carbocycles. The lowest BCUT2D eigenvalue weighted by Gasteiger charge is -2.18. The number of amides is 2. The summed E-state index contributed by atoms with van der Waals surface area (Å²) in [4.78, 5) is 26.9. The number of carbonyl (C=O) groups is 2. The van der Waals surface area contributed by atoms with Crippen molar-refractivity contribution in [2.24, 2.45) is 11.1 Å². The molecule has 1 aliphatic heterocycles. The van der Waals surface area contributed by atoms with Gasteiger partial charge in [-0.3, -0.25) is 9.59 Å². The third-order valence-electron chi connectivity index (χ3n) is 4.23. The number of nitrogens with one attached hydrogen (secondary N) is 1. The summed E-state index contributed by atoms with van der Waals surface area (Å²) in [6.45, 7) is 0.449. The molecular weight excluding hydrogens is 434 g/mol. The second kappa shape index (κ2) is 7.79. The smallest absolute Gasteiger partial charge is 0.239 e. The normalized spacial score (nSPS) is 17.2. The van der Waals surface area contributed by atoms with Crippen LogP contribution in [0.1, 0.15) is 12.0 Å². The van der Waals surface area contributed by atoms with Gasteiger partial charge in [0.15, 0.2) is 0 Å². The van der Waals surface area contributed by atoms with Crippen LogP contribution in [0.4, 0.5) is 11.4 Å². The molecule has 9 heteroatoms. The van der Waals surface area contributed by atoms with Crippen molar-refractivity contribution < 1.29 is 18.0 Å².